The van der Waals surface area contributed by atoms with Crippen molar-refractivity contribution in [2.75, 3.05) is 0 Å². The van der Waals surface area contributed by atoms with Gasteiger partial charge in [0.2, 0.25) is 0 Å². The molecule has 3 rings (SSSR count). The van der Waals surface area contributed by atoms with Gasteiger partial charge >= 0.3 is 61.0 Å². The van der Waals surface area contributed by atoms with Crippen molar-refractivity contribution in [3.05, 3.63) is 51.8 Å². The summed E-state index contributed by atoms with van der Waals surface area (Å²) in [5.41, 5.74) is 0. The van der Waals surface area contributed by atoms with Gasteiger partial charge in [0, 0.05) is 0 Å². The van der Waals surface area contributed by atoms with Gasteiger partial charge in [0.15, 0.2) is 33.3 Å². The standard InChI is InChI=1S/C17H44O3Si4.C10H12.C9H28O3Si4.C8H16.2CH3.2ClH.Pt/c1-11-12-13-14-15-16-17-24(10,19-22(5,6)7)20-23(8,9)18-21(2,3)4;1-2-9-7-4-5-8(6-7)10(9)3-1;1-13(10-14(2,3)4)11-16(8,9)12-15(5,6)7;1-3-5-7-8-6-4-2;;;;;/h11-17H2,1-10H3;1-2,4-5,7-10H,3,6H2;13H,1-9H3;3H,1,4-8H2,2H3;2*1H3;2*1H;/q;;;;2*-1;;;+4/p-2. The van der Waals surface area contributed by atoms with Gasteiger partial charge in [-0.3, -0.25) is 0 Å². The van der Waals surface area contributed by atoms with Crippen molar-refractivity contribution in [2.45, 2.75) is 221 Å². The van der Waals surface area contributed by atoms with Gasteiger partial charge in [0.25, 0.3) is 9.28 Å². The molecular weight excluding hydrogens is 1140 g/mol. The summed E-state index contributed by atoms with van der Waals surface area (Å²) in [6, 6.07) is 1.11. The molecule has 0 radical (unpaired) electrons. The van der Waals surface area contributed by atoms with Crippen LogP contribution < -0.4 is 0 Å². The SMILES string of the molecule is C1=CC2C3C=CC(C3)C2C1.C=CCCCCCC.CCCCCCCC[Si](C)(O[Si](C)(C)C)O[Si](C)(C)O[Si](C)(C)C.C[SiH](O[Si](C)(C)C)O[Si](C)(C)O[Si](C)(C)C.[CH3-].[CH3-].[Cl][Pt+2][Cl]. The summed E-state index contributed by atoms with van der Waals surface area (Å²) in [6.07, 6.45) is 29.0. The molecule has 0 aromatic carbocycles. The average molecular weight is 1250 g/mol. The number of unbranched alkanes of at least 4 members (excludes halogenated alkanes) is 9. The molecule has 1 saturated carbocycles. The molecule has 6 atom stereocenters. The Balaban J connectivity index is -0.000000382. The fourth-order valence-electron chi connectivity index (χ4n) is 8.65. The zero-order chi connectivity index (χ0) is 47.8. The first-order chi connectivity index (χ1) is 27.8. The zero-order valence-corrected chi connectivity index (χ0v) is 57.3. The quantitative estimate of drug-likeness (QED) is 0.0415. The Morgan fingerprint density at radius 1 is 0.587 bits per heavy atom. The van der Waals surface area contributed by atoms with Crippen LogP contribution in [0.2, 0.25) is 124 Å². The fraction of sp³-hybridized carbons (Fsp3) is 0.826. The molecular formula is C46H106Cl2O6PtSi8. The van der Waals surface area contributed by atoms with Crippen molar-refractivity contribution in [3.63, 3.8) is 0 Å². The van der Waals surface area contributed by atoms with Gasteiger partial charge in [0.05, 0.1) is 0 Å². The third kappa shape index (κ3) is 41.5. The second-order valence-electron chi connectivity index (χ2n) is 22.1. The number of rotatable bonds is 24. The average Bonchev–Trinajstić information content (AvgIpc) is 3.78. The van der Waals surface area contributed by atoms with Gasteiger partial charge < -0.3 is 39.5 Å². The maximum absolute atomic E-state index is 6.71. The summed E-state index contributed by atoms with van der Waals surface area (Å²) in [6.45, 7) is 48.0. The predicted octanol–water partition coefficient (Wildman–Crippen LogP) is 17.9. The Hall–Kier alpha value is 1.98. The summed E-state index contributed by atoms with van der Waals surface area (Å²) in [7, 11) is -4.23. The summed E-state index contributed by atoms with van der Waals surface area (Å²) in [5, 5.41) is 0. The Morgan fingerprint density at radius 2 is 1.03 bits per heavy atom. The van der Waals surface area contributed by atoms with Gasteiger partial charge in [-0.25, -0.2) is 0 Å². The molecule has 0 amide bonds. The van der Waals surface area contributed by atoms with Crippen LogP contribution in [-0.4, -0.2) is 68.2 Å². The number of fused-ring (bicyclic) bond motifs is 5. The molecule has 6 nitrogen and oxygen atoms in total. The summed E-state index contributed by atoms with van der Waals surface area (Å²) in [5.74, 6) is 3.82. The van der Waals surface area contributed by atoms with Gasteiger partial charge in [0.1, 0.15) is 0 Å². The second-order valence-corrected chi connectivity index (χ2v) is 57.0. The number of hydrogen-bond acceptors (Lipinski definition) is 6. The minimum atomic E-state index is -2.17. The summed E-state index contributed by atoms with van der Waals surface area (Å²) < 4.78 is 38.0. The number of hydrogen-bond donors (Lipinski definition) is 0. The first-order valence-electron chi connectivity index (χ1n) is 23.7. The molecule has 0 saturated heterocycles. The van der Waals surface area contributed by atoms with Crippen molar-refractivity contribution in [1.82, 2.24) is 0 Å². The van der Waals surface area contributed by atoms with E-state index in [0.29, 0.717) is 0 Å². The fourth-order valence-corrected chi connectivity index (χ4v) is 41.0. The topological polar surface area (TPSA) is 55.4 Å². The first kappa shape index (κ1) is 71.5. The van der Waals surface area contributed by atoms with E-state index >= 15 is 0 Å². The molecule has 0 aliphatic heterocycles. The predicted molar refractivity (Wildman–Crippen MR) is 303 cm³/mol. The van der Waals surface area contributed by atoms with Crippen LogP contribution in [0.25, 0.3) is 0 Å². The van der Waals surface area contributed by atoms with Crippen LogP contribution in [0.3, 0.4) is 0 Å². The maximum atomic E-state index is 6.71. The van der Waals surface area contributed by atoms with Crippen molar-refractivity contribution in [1.29, 1.82) is 0 Å². The summed E-state index contributed by atoms with van der Waals surface area (Å²) >= 11 is -0.472. The number of allylic oxidation sites excluding steroid dienone is 5. The van der Waals surface area contributed by atoms with Crippen LogP contribution in [0, 0.1) is 38.5 Å². The van der Waals surface area contributed by atoms with Crippen molar-refractivity contribution in [3.8, 4) is 0 Å². The van der Waals surface area contributed by atoms with Gasteiger partial charge in [-0.2, -0.15) is 0 Å². The van der Waals surface area contributed by atoms with E-state index in [1.807, 2.05) is 6.08 Å². The van der Waals surface area contributed by atoms with Crippen LogP contribution in [0.15, 0.2) is 37.0 Å². The molecule has 3 aliphatic carbocycles. The first-order valence-corrected chi connectivity index (χ1v) is 53.2. The van der Waals surface area contributed by atoms with E-state index in [1.165, 1.54) is 83.5 Å². The van der Waals surface area contributed by atoms with E-state index in [2.05, 4.69) is 163 Å². The van der Waals surface area contributed by atoms with Crippen molar-refractivity contribution in [2.24, 2.45) is 23.7 Å². The molecule has 0 aromatic heterocycles. The molecule has 2 bridgehead atoms. The van der Waals surface area contributed by atoms with Gasteiger partial charge in [-0.15, -0.1) is 6.58 Å². The molecule has 63 heavy (non-hydrogen) atoms. The normalized spacial score (nSPS) is 20.5. The number of halogens is 2. The van der Waals surface area contributed by atoms with E-state index in [0.717, 1.165) is 29.7 Å². The van der Waals surface area contributed by atoms with Crippen LogP contribution in [0.5, 0.6) is 0 Å². The third-order valence-corrected chi connectivity index (χ3v) is 35.5. The molecule has 0 spiro atoms. The van der Waals surface area contributed by atoms with Crippen LogP contribution >= 0.6 is 18.8 Å². The second kappa shape index (κ2) is 35.1. The van der Waals surface area contributed by atoms with Gasteiger partial charge in [-0.05, 0) is 173 Å². The van der Waals surface area contributed by atoms with E-state index in [4.69, 9.17) is 43.5 Å². The third-order valence-electron chi connectivity index (χ3n) is 9.76. The Kier molecular flexibility index (Phi) is 39.9. The molecule has 0 heterocycles. The van der Waals surface area contributed by atoms with Crippen LogP contribution in [0.1, 0.15) is 97.3 Å². The van der Waals surface area contributed by atoms with Crippen molar-refractivity contribution < 1.29 is 41.2 Å². The Labute approximate surface area is 421 Å². The van der Waals surface area contributed by atoms with Crippen molar-refractivity contribution >= 4 is 87.1 Å². The van der Waals surface area contributed by atoms with Gasteiger partial charge in [-0.1, -0.05) is 102 Å². The molecule has 6 unspecified atom stereocenters. The molecule has 3 aliphatic rings. The minimum absolute atomic E-state index is 0. The van der Waals surface area contributed by atoms with E-state index < -0.39 is 84.7 Å². The molecule has 1 fully saturated rings. The van der Waals surface area contributed by atoms with Crippen LogP contribution in [-0.2, 0) is 41.2 Å². The molecule has 0 aromatic rings. The molecule has 0 N–H and O–H groups in total. The van der Waals surface area contributed by atoms with Crippen LogP contribution in [0.4, 0.5) is 0 Å². The zero-order valence-electron chi connectivity index (χ0n) is 45.4. The summed E-state index contributed by atoms with van der Waals surface area (Å²) in [4.78, 5) is 0. The van der Waals surface area contributed by atoms with E-state index in [-0.39, 0.29) is 14.9 Å². The Morgan fingerprint density at radius 3 is 1.48 bits per heavy atom. The molecule has 382 valence electrons. The Bertz CT molecular complexity index is 1210. The molecule has 17 heteroatoms. The van der Waals surface area contributed by atoms with E-state index in [9.17, 15) is 0 Å². The van der Waals surface area contributed by atoms with E-state index in [1.54, 1.807) is 0 Å². The monoisotopic (exact) mass is 1240 g/mol.